The first-order valence-electron chi connectivity index (χ1n) is 7.49. The summed E-state index contributed by atoms with van der Waals surface area (Å²) in [6, 6.07) is 8.74. The van der Waals surface area contributed by atoms with Crippen LogP contribution in [0, 0.1) is 0 Å². The highest BCUT2D eigenvalue weighted by Crippen LogP contribution is 2.25. The second-order valence-electron chi connectivity index (χ2n) is 5.88. The minimum Gasteiger partial charge on any atom is -0.342 e. The Morgan fingerprint density at radius 3 is 2.73 bits per heavy atom. The number of benzene rings is 1. The second-order valence-corrected chi connectivity index (χ2v) is 6.68. The van der Waals surface area contributed by atoms with Crippen LogP contribution in [0.3, 0.4) is 0 Å². The van der Waals surface area contributed by atoms with E-state index in [1.54, 1.807) is 0 Å². The molecule has 0 atom stereocenters. The smallest absolute Gasteiger partial charge is 0.228 e. The Hall–Kier alpha value is -1.17. The minimum atomic E-state index is 0. The van der Waals surface area contributed by atoms with Crippen LogP contribution in [0.25, 0.3) is 10.1 Å². The van der Waals surface area contributed by atoms with Crippen LogP contribution >= 0.6 is 23.9 Å². The number of aromatic nitrogens is 1. The van der Waals surface area contributed by atoms with Crippen LogP contribution in [-0.2, 0) is 11.2 Å². The topological polar surface area (TPSA) is 59.2 Å². The minimum absolute atomic E-state index is 0. The summed E-state index contributed by atoms with van der Waals surface area (Å²) in [7, 11) is 1.92. The highest BCUT2D eigenvalue weighted by atomic mass is 35.5. The van der Waals surface area contributed by atoms with Gasteiger partial charge in [0.15, 0.2) is 0 Å². The number of likely N-dealkylation sites (N-methyl/N-ethyl adjacent to an activating group) is 1. The van der Waals surface area contributed by atoms with Gasteiger partial charge in [0, 0.05) is 24.5 Å². The van der Waals surface area contributed by atoms with Gasteiger partial charge in [-0.3, -0.25) is 4.79 Å². The van der Waals surface area contributed by atoms with Crippen LogP contribution in [0.1, 0.15) is 31.4 Å². The Morgan fingerprint density at radius 2 is 2.00 bits per heavy atom. The molecule has 6 heteroatoms. The third kappa shape index (κ3) is 3.59. The Bertz CT molecular complexity index is 637. The molecule has 1 aromatic heterocycles. The quantitative estimate of drug-likeness (QED) is 0.935. The molecule has 3 rings (SSSR count). The second kappa shape index (κ2) is 7.40. The zero-order chi connectivity index (χ0) is 14.8. The van der Waals surface area contributed by atoms with Crippen LogP contribution in [-0.4, -0.2) is 34.3 Å². The molecule has 1 heterocycles. The molecule has 0 aliphatic heterocycles. The summed E-state index contributed by atoms with van der Waals surface area (Å²) in [4.78, 5) is 14.4. The van der Waals surface area contributed by atoms with Crippen molar-refractivity contribution in [2.75, 3.05) is 7.05 Å². The largest absolute Gasteiger partial charge is 0.342 e. The van der Waals surface area contributed by atoms with Gasteiger partial charge in [-0.05, 0) is 43.3 Å². The molecule has 1 aliphatic rings. The average Bonchev–Trinajstić information content (AvgIpc) is 2.91. The highest BCUT2D eigenvalue weighted by molar-refractivity contribution is 7.13. The summed E-state index contributed by atoms with van der Waals surface area (Å²) in [6.45, 7) is 0. The summed E-state index contributed by atoms with van der Waals surface area (Å²) < 4.78 is 5.59. The average molecular weight is 340 g/mol. The molecule has 0 radical (unpaired) electrons. The first-order chi connectivity index (χ1) is 10.1. The van der Waals surface area contributed by atoms with Gasteiger partial charge in [-0.15, -0.1) is 12.4 Å². The molecular formula is C16H22ClN3OS. The number of carbonyl (C=O) groups excluding carboxylic acids is 1. The third-order valence-corrected chi connectivity index (χ3v) is 5.32. The van der Waals surface area contributed by atoms with Crippen molar-refractivity contribution in [1.29, 1.82) is 0 Å². The molecule has 1 aromatic carbocycles. The predicted molar refractivity (Wildman–Crippen MR) is 93.6 cm³/mol. The molecule has 1 saturated carbocycles. The fourth-order valence-corrected chi connectivity index (χ4v) is 3.82. The van der Waals surface area contributed by atoms with Gasteiger partial charge >= 0.3 is 0 Å². The lowest BCUT2D eigenvalue weighted by Gasteiger charge is -2.33. The molecule has 0 saturated heterocycles. The number of rotatable bonds is 3. The van der Waals surface area contributed by atoms with Gasteiger partial charge in [0.2, 0.25) is 5.91 Å². The Kier molecular flexibility index (Phi) is 5.78. The molecule has 1 aliphatic carbocycles. The van der Waals surface area contributed by atoms with Crippen LogP contribution in [0.2, 0.25) is 0 Å². The number of halogens is 1. The predicted octanol–water partition coefficient (Wildman–Crippen LogP) is 2.99. The summed E-state index contributed by atoms with van der Waals surface area (Å²) in [5.74, 6) is 0.159. The Balaban J connectivity index is 0.00000176. The van der Waals surface area contributed by atoms with Crippen molar-refractivity contribution < 1.29 is 4.79 Å². The lowest BCUT2D eigenvalue weighted by atomic mass is 9.91. The van der Waals surface area contributed by atoms with Crippen molar-refractivity contribution in [1.82, 2.24) is 9.27 Å². The maximum Gasteiger partial charge on any atom is 0.228 e. The van der Waals surface area contributed by atoms with E-state index in [1.165, 1.54) is 11.5 Å². The standard InChI is InChI=1S/C16H21N3OS.ClH/c1-19(12-8-6-11(17)7-9-12)16(20)10-14-13-4-2-3-5-15(13)21-18-14;/h2-5,11-12H,6-10,17H2,1H3;1H. The summed E-state index contributed by atoms with van der Waals surface area (Å²) in [5.41, 5.74) is 6.84. The van der Waals surface area contributed by atoms with Crippen LogP contribution in [0.15, 0.2) is 24.3 Å². The molecule has 120 valence electrons. The number of nitrogens with two attached hydrogens (primary N) is 1. The lowest BCUT2D eigenvalue weighted by Crippen LogP contribution is -2.42. The number of hydrogen-bond donors (Lipinski definition) is 1. The molecular weight excluding hydrogens is 318 g/mol. The van der Waals surface area contributed by atoms with Crippen molar-refractivity contribution in [3.05, 3.63) is 30.0 Å². The zero-order valence-corrected chi connectivity index (χ0v) is 14.3. The first kappa shape index (κ1) is 17.2. The highest BCUT2D eigenvalue weighted by Gasteiger charge is 2.25. The van der Waals surface area contributed by atoms with E-state index >= 15 is 0 Å². The fraction of sp³-hybridized carbons (Fsp3) is 0.500. The molecule has 0 spiro atoms. The number of fused-ring (bicyclic) bond motifs is 1. The molecule has 22 heavy (non-hydrogen) atoms. The summed E-state index contributed by atoms with van der Waals surface area (Å²) in [5, 5.41) is 1.11. The van der Waals surface area contributed by atoms with Crippen molar-refractivity contribution in [3.8, 4) is 0 Å². The van der Waals surface area contributed by atoms with E-state index in [-0.39, 0.29) is 18.3 Å². The van der Waals surface area contributed by atoms with Crippen LogP contribution in [0.5, 0.6) is 0 Å². The third-order valence-electron chi connectivity index (χ3n) is 4.45. The van der Waals surface area contributed by atoms with Crippen molar-refractivity contribution in [3.63, 3.8) is 0 Å². The van der Waals surface area contributed by atoms with Gasteiger partial charge in [0.25, 0.3) is 0 Å². The van der Waals surface area contributed by atoms with E-state index < -0.39 is 0 Å². The molecule has 0 bridgehead atoms. The van der Waals surface area contributed by atoms with E-state index in [0.717, 1.165) is 41.5 Å². The number of carbonyl (C=O) groups is 1. The van der Waals surface area contributed by atoms with E-state index in [4.69, 9.17) is 5.73 Å². The molecule has 1 amide bonds. The summed E-state index contributed by atoms with van der Waals surface area (Å²) in [6.07, 6.45) is 4.45. The van der Waals surface area contributed by atoms with Gasteiger partial charge in [-0.25, -0.2) is 0 Å². The van der Waals surface area contributed by atoms with E-state index in [0.29, 0.717) is 18.5 Å². The molecule has 2 aromatic rings. The Labute approximate surface area is 141 Å². The van der Waals surface area contributed by atoms with E-state index in [1.807, 2.05) is 36.2 Å². The maximum absolute atomic E-state index is 12.5. The Morgan fingerprint density at radius 1 is 1.32 bits per heavy atom. The monoisotopic (exact) mass is 339 g/mol. The molecule has 0 unspecified atom stereocenters. The van der Waals surface area contributed by atoms with Crippen molar-refractivity contribution in [2.24, 2.45) is 5.73 Å². The zero-order valence-electron chi connectivity index (χ0n) is 12.7. The molecule has 2 N–H and O–H groups in total. The van der Waals surface area contributed by atoms with E-state index in [2.05, 4.69) is 4.37 Å². The fourth-order valence-electron chi connectivity index (χ4n) is 3.03. The first-order valence-corrected chi connectivity index (χ1v) is 8.27. The number of amides is 1. The van der Waals surface area contributed by atoms with Gasteiger partial charge < -0.3 is 10.6 Å². The van der Waals surface area contributed by atoms with Gasteiger partial charge in [0.05, 0.1) is 16.8 Å². The molecule has 1 fully saturated rings. The number of nitrogens with zero attached hydrogens (tertiary/aromatic N) is 2. The van der Waals surface area contributed by atoms with E-state index in [9.17, 15) is 4.79 Å². The van der Waals surface area contributed by atoms with Gasteiger partial charge in [-0.1, -0.05) is 18.2 Å². The van der Waals surface area contributed by atoms with Gasteiger partial charge in [-0.2, -0.15) is 4.37 Å². The maximum atomic E-state index is 12.5. The normalized spacial score (nSPS) is 21.4. The van der Waals surface area contributed by atoms with Crippen molar-refractivity contribution in [2.45, 2.75) is 44.2 Å². The van der Waals surface area contributed by atoms with Crippen LogP contribution in [0.4, 0.5) is 0 Å². The SMILES string of the molecule is CN(C(=O)Cc1nsc2ccccc12)C1CCC(N)CC1.Cl. The summed E-state index contributed by atoms with van der Waals surface area (Å²) >= 11 is 1.47. The number of hydrogen-bond acceptors (Lipinski definition) is 4. The molecule has 4 nitrogen and oxygen atoms in total. The lowest BCUT2D eigenvalue weighted by molar-refractivity contribution is -0.131. The van der Waals surface area contributed by atoms with Gasteiger partial charge in [0.1, 0.15) is 0 Å². The van der Waals surface area contributed by atoms with Crippen molar-refractivity contribution >= 4 is 39.9 Å². The van der Waals surface area contributed by atoms with Crippen LogP contribution < -0.4 is 5.73 Å².